The molecule has 324 valence electrons. The van der Waals surface area contributed by atoms with Gasteiger partial charge in [0.1, 0.15) is 22.3 Å². The first kappa shape index (κ1) is 38.9. The molecule has 0 spiro atoms. The Hall–Kier alpha value is -9.32. The number of hydrogen-bond donors (Lipinski definition) is 0. The number of rotatable bonds is 8. The first-order valence-electron chi connectivity index (χ1n) is 23.3. The maximum Gasteiger partial charge on any atom is 0.159 e. The van der Waals surface area contributed by atoms with Gasteiger partial charge in [-0.25, -0.2) is 0 Å². The van der Waals surface area contributed by atoms with E-state index in [9.17, 15) is 0 Å². The summed E-state index contributed by atoms with van der Waals surface area (Å²) in [4.78, 5) is 4.60. The molecule has 0 aliphatic rings. The molecule has 0 amide bonds. The molecule has 69 heavy (non-hydrogen) atoms. The number of para-hydroxylation sites is 6. The van der Waals surface area contributed by atoms with Crippen molar-refractivity contribution in [2.24, 2.45) is 0 Å². The maximum atomic E-state index is 7.09. The summed E-state index contributed by atoms with van der Waals surface area (Å²) >= 11 is 0. The fourth-order valence-corrected chi connectivity index (χ4v) is 10.6. The number of hydrogen-bond acceptors (Lipinski definition) is 5. The molecule has 3 heterocycles. The Labute approximate surface area is 396 Å². The van der Waals surface area contributed by atoms with Gasteiger partial charge >= 0.3 is 0 Å². The lowest BCUT2D eigenvalue weighted by Crippen LogP contribution is -2.10. The van der Waals surface area contributed by atoms with Gasteiger partial charge in [0.2, 0.25) is 0 Å². The van der Waals surface area contributed by atoms with Gasteiger partial charge in [0.25, 0.3) is 0 Å². The summed E-state index contributed by atoms with van der Waals surface area (Å²) in [6.45, 7) is 0. The van der Waals surface area contributed by atoms with Gasteiger partial charge in [0.05, 0.1) is 22.7 Å². The molecular weight excluding hydrogens is 845 g/mol. The van der Waals surface area contributed by atoms with Gasteiger partial charge in [-0.05, 0) is 65.0 Å². The van der Waals surface area contributed by atoms with Crippen LogP contribution < -0.4 is 9.80 Å². The summed E-state index contributed by atoms with van der Waals surface area (Å²) in [5.74, 6) is 0. The monoisotopic (exact) mass is 884 g/mol. The fourth-order valence-electron chi connectivity index (χ4n) is 10.6. The van der Waals surface area contributed by atoms with Crippen LogP contribution in [-0.2, 0) is 0 Å². The number of fused-ring (bicyclic) bond motifs is 11. The Bertz CT molecular complexity index is 4250. The molecule has 0 saturated heterocycles. The fraction of sp³-hybridized carbons (Fsp3) is 0. The lowest BCUT2D eigenvalue weighted by atomic mass is 10.00. The van der Waals surface area contributed by atoms with Crippen molar-refractivity contribution in [3.63, 3.8) is 0 Å². The second-order valence-corrected chi connectivity index (χ2v) is 17.5. The van der Waals surface area contributed by atoms with Crippen molar-refractivity contribution in [1.82, 2.24) is 0 Å². The molecule has 0 fully saturated rings. The highest BCUT2D eigenvalue weighted by Gasteiger charge is 2.26. The van der Waals surface area contributed by atoms with Crippen molar-refractivity contribution < 1.29 is 13.3 Å². The second kappa shape index (κ2) is 15.7. The lowest BCUT2D eigenvalue weighted by molar-refractivity contribution is 0.667. The molecule has 0 bridgehead atoms. The topological polar surface area (TPSA) is 45.9 Å². The van der Waals surface area contributed by atoms with Crippen LogP contribution in [0.5, 0.6) is 0 Å². The van der Waals surface area contributed by atoms with Crippen LogP contribution in [-0.4, -0.2) is 0 Å². The minimum atomic E-state index is 0.785. The molecule has 11 aromatic carbocycles. The second-order valence-electron chi connectivity index (χ2n) is 17.5. The molecule has 0 aliphatic carbocycles. The number of nitrogens with zero attached hydrogens (tertiary/aromatic N) is 2. The van der Waals surface area contributed by atoms with Crippen LogP contribution in [0.1, 0.15) is 0 Å². The maximum absolute atomic E-state index is 7.09. The summed E-state index contributed by atoms with van der Waals surface area (Å²) in [7, 11) is 0. The van der Waals surface area contributed by atoms with Crippen LogP contribution in [0.15, 0.2) is 256 Å². The summed E-state index contributed by atoms with van der Waals surface area (Å²) < 4.78 is 21.1. The highest BCUT2D eigenvalue weighted by molar-refractivity contribution is 6.24. The molecule has 0 saturated carbocycles. The Kier molecular flexibility index (Phi) is 8.83. The predicted octanol–water partition coefficient (Wildman–Crippen LogP) is 18.8. The smallest absolute Gasteiger partial charge is 0.159 e. The van der Waals surface area contributed by atoms with Gasteiger partial charge in [0, 0.05) is 72.3 Å². The summed E-state index contributed by atoms with van der Waals surface area (Å²) in [5, 5.41) is 8.57. The largest absolute Gasteiger partial charge is 0.456 e. The van der Waals surface area contributed by atoms with Crippen LogP contribution >= 0.6 is 0 Å². The van der Waals surface area contributed by atoms with E-state index in [1.807, 2.05) is 12.1 Å². The van der Waals surface area contributed by atoms with Crippen molar-refractivity contribution in [3.05, 3.63) is 243 Å². The number of anilines is 6. The van der Waals surface area contributed by atoms with E-state index in [-0.39, 0.29) is 0 Å². The molecule has 0 N–H and O–H groups in total. The van der Waals surface area contributed by atoms with Crippen molar-refractivity contribution in [1.29, 1.82) is 0 Å². The Morgan fingerprint density at radius 2 is 0.696 bits per heavy atom. The SMILES string of the molecule is c1ccc(-c2cccc3c2oc2c(N(c4ccccc4)c4ccc5c(c4)oc4cc(N(c6ccccc6)c6cccc7c6oc6c(-c8ccccc8)cccc67)c6ccccc6c45)cccc23)cc1. The lowest BCUT2D eigenvalue weighted by Gasteiger charge is -2.27. The zero-order valence-corrected chi connectivity index (χ0v) is 37.2. The van der Waals surface area contributed by atoms with Crippen molar-refractivity contribution >= 4 is 111 Å². The van der Waals surface area contributed by atoms with E-state index in [2.05, 4.69) is 240 Å². The van der Waals surface area contributed by atoms with Gasteiger partial charge in [-0.1, -0.05) is 182 Å². The average molecular weight is 885 g/mol. The molecular formula is C64H40N2O3. The van der Waals surface area contributed by atoms with Gasteiger partial charge in [-0.3, -0.25) is 0 Å². The molecule has 14 aromatic rings. The Balaban J connectivity index is 0.967. The van der Waals surface area contributed by atoms with Crippen molar-refractivity contribution in [3.8, 4) is 22.3 Å². The van der Waals surface area contributed by atoms with Crippen LogP contribution in [0.25, 0.3) is 98.8 Å². The van der Waals surface area contributed by atoms with Crippen LogP contribution in [0, 0.1) is 0 Å². The number of benzene rings is 11. The van der Waals surface area contributed by atoms with E-state index in [4.69, 9.17) is 13.3 Å². The van der Waals surface area contributed by atoms with E-state index >= 15 is 0 Å². The molecule has 14 rings (SSSR count). The van der Waals surface area contributed by atoms with Crippen LogP contribution in [0.2, 0.25) is 0 Å². The van der Waals surface area contributed by atoms with Crippen LogP contribution in [0.3, 0.4) is 0 Å². The van der Waals surface area contributed by atoms with Gasteiger partial charge < -0.3 is 23.1 Å². The van der Waals surface area contributed by atoms with Crippen molar-refractivity contribution in [2.45, 2.75) is 0 Å². The molecule has 0 aliphatic heterocycles. The average Bonchev–Trinajstić information content (AvgIpc) is 4.12. The van der Waals surface area contributed by atoms with Gasteiger partial charge in [0.15, 0.2) is 11.2 Å². The van der Waals surface area contributed by atoms with E-state index < -0.39 is 0 Å². The normalized spacial score (nSPS) is 11.8. The van der Waals surface area contributed by atoms with E-state index in [0.717, 1.165) is 133 Å². The molecule has 5 heteroatoms. The Morgan fingerprint density at radius 1 is 0.246 bits per heavy atom. The van der Waals surface area contributed by atoms with Crippen molar-refractivity contribution in [2.75, 3.05) is 9.80 Å². The van der Waals surface area contributed by atoms with Gasteiger partial charge in [-0.15, -0.1) is 0 Å². The van der Waals surface area contributed by atoms with Crippen LogP contribution in [0.4, 0.5) is 34.1 Å². The minimum absolute atomic E-state index is 0.785. The third kappa shape index (κ3) is 6.18. The zero-order valence-electron chi connectivity index (χ0n) is 37.2. The highest BCUT2D eigenvalue weighted by atomic mass is 16.3. The molecule has 5 nitrogen and oxygen atoms in total. The minimum Gasteiger partial charge on any atom is -0.456 e. The van der Waals surface area contributed by atoms with E-state index in [1.165, 1.54) is 0 Å². The van der Waals surface area contributed by atoms with Gasteiger partial charge in [-0.2, -0.15) is 0 Å². The zero-order chi connectivity index (χ0) is 45.4. The molecule has 3 aromatic heterocycles. The summed E-state index contributed by atoms with van der Waals surface area (Å²) in [6, 6.07) is 85.1. The standard InChI is InChI=1S/C64H40N2O3/c1-5-19-41(20-6-1)46-29-15-31-50-52-33-17-35-55(63(52)68-61(46)50)65(43-23-9-3-10-24-43)45-37-38-54-58(39-45)67-59-40-57(48-27-13-14-28-49(48)60(54)59)66(44-25-11-4-12-26-44)56-36-18-34-53-51-32-16-30-47(62(51)69-64(53)56)42-21-7-2-8-22-42/h1-40H. The molecule has 0 unspecified atom stereocenters. The highest BCUT2D eigenvalue weighted by Crippen LogP contribution is 2.50. The Morgan fingerprint density at radius 3 is 1.26 bits per heavy atom. The molecule has 0 atom stereocenters. The summed E-state index contributed by atoms with van der Waals surface area (Å²) in [5.41, 5.74) is 15.1. The summed E-state index contributed by atoms with van der Waals surface area (Å²) in [6.07, 6.45) is 0. The third-order valence-electron chi connectivity index (χ3n) is 13.6. The molecule has 0 radical (unpaired) electrons. The first-order valence-corrected chi connectivity index (χ1v) is 23.3. The first-order chi connectivity index (χ1) is 34.2. The number of furan rings is 3. The quantitative estimate of drug-likeness (QED) is 0.152. The predicted molar refractivity (Wildman–Crippen MR) is 286 cm³/mol. The van der Waals surface area contributed by atoms with E-state index in [0.29, 0.717) is 0 Å². The third-order valence-corrected chi connectivity index (χ3v) is 13.6. The van der Waals surface area contributed by atoms with E-state index in [1.54, 1.807) is 0 Å².